The van der Waals surface area contributed by atoms with Crippen LogP contribution >= 0.6 is 0 Å². The van der Waals surface area contributed by atoms with Crippen molar-refractivity contribution in [2.24, 2.45) is 4.99 Å². The van der Waals surface area contributed by atoms with Crippen molar-refractivity contribution in [3.05, 3.63) is 71.8 Å². The topological polar surface area (TPSA) is 44.6 Å². The number of aromatic hydroxyl groups is 1. The molecule has 0 radical (unpaired) electrons. The third kappa shape index (κ3) is 2.57. The van der Waals surface area contributed by atoms with E-state index < -0.39 is 0 Å². The second-order valence-corrected chi connectivity index (χ2v) is 4.63. The van der Waals surface area contributed by atoms with Crippen molar-refractivity contribution in [3.8, 4) is 5.75 Å². The lowest BCUT2D eigenvalue weighted by Gasteiger charge is -2.10. The van der Waals surface area contributed by atoms with Gasteiger partial charge in [-0.05, 0) is 23.8 Å². The average Bonchev–Trinajstić information content (AvgIpc) is 2.75. The summed E-state index contributed by atoms with van der Waals surface area (Å²) in [7, 11) is 0. The van der Waals surface area contributed by atoms with E-state index >= 15 is 0 Å². The zero-order valence-electron chi connectivity index (χ0n) is 11.1. The van der Waals surface area contributed by atoms with Gasteiger partial charge in [0, 0.05) is 17.8 Å². The number of para-hydroxylation sites is 1. The highest BCUT2D eigenvalue weighted by molar-refractivity contribution is 6.12. The Kier molecular flexibility index (Phi) is 3.50. The maximum Gasteiger partial charge on any atom is 0.124 e. The second kappa shape index (κ2) is 5.61. The number of phenols is 1. The monoisotopic (exact) mass is 264 g/mol. The Morgan fingerprint density at radius 3 is 2.50 bits per heavy atom. The van der Waals surface area contributed by atoms with Crippen molar-refractivity contribution in [2.75, 3.05) is 13.1 Å². The van der Waals surface area contributed by atoms with Gasteiger partial charge in [0.25, 0.3) is 0 Å². The van der Waals surface area contributed by atoms with Crippen molar-refractivity contribution >= 4 is 11.4 Å². The van der Waals surface area contributed by atoms with Crippen LogP contribution in [-0.2, 0) is 0 Å². The van der Waals surface area contributed by atoms with Gasteiger partial charge in [0.1, 0.15) is 5.75 Å². The number of benzene rings is 2. The summed E-state index contributed by atoms with van der Waals surface area (Å²) in [5.74, 6) is 0.278. The molecule has 3 rings (SSSR count). The summed E-state index contributed by atoms with van der Waals surface area (Å²) in [5, 5.41) is 13.3. The fourth-order valence-corrected chi connectivity index (χ4v) is 2.26. The van der Waals surface area contributed by atoms with Gasteiger partial charge in [0.15, 0.2) is 0 Å². The molecule has 20 heavy (non-hydrogen) atoms. The van der Waals surface area contributed by atoms with E-state index in [4.69, 9.17) is 0 Å². The largest absolute Gasteiger partial charge is 0.507 e. The molecule has 1 aliphatic rings. The number of rotatable bonds is 2. The van der Waals surface area contributed by atoms with Gasteiger partial charge in [0.2, 0.25) is 0 Å². The summed E-state index contributed by atoms with van der Waals surface area (Å²) in [6.07, 6.45) is 2.00. The Labute approximate surface area is 118 Å². The molecule has 2 aromatic rings. The predicted molar refractivity (Wildman–Crippen MR) is 81.9 cm³/mol. The summed E-state index contributed by atoms with van der Waals surface area (Å²) in [6.45, 7) is 1.48. The third-order valence-electron chi connectivity index (χ3n) is 3.25. The van der Waals surface area contributed by atoms with E-state index in [1.807, 2.05) is 54.6 Å². The molecule has 0 atom stereocenters. The minimum absolute atomic E-state index is 0.278. The van der Waals surface area contributed by atoms with Gasteiger partial charge in [-0.3, -0.25) is 4.99 Å². The molecule has 0 aliphatic carbocycles. The number of nitrogens with zero attached hydrogens (tertiary/aromatic N) is 1. The molecular weight excluding hydrogens is 248 g/mol. The number of hydrogen-bond acceptors (Lipinski definition) is 3. The summed E-state index contributed by atoms with van der Waals surface area (Å²) < 4.78 is 0. The van der Waals surface area contributed by atoms with Gasteiger partial charge in [0.05, 0.1) is 12.3 Å². The number of nitrogens with one attached hydrogen (secondary N) is 1. The van der Waals surface area contributed by atoms with Gasteiger partial charge >= 0.3 is 0 Å². The van der Waals surface area contributed by atoms with Gasteiger partial charge < -0.3 is 10.4 Å². The molecule has 0 saturated heterocycles. The van der Waals surface area contributed by atoms with E-state index in [-0.39, 0.29) is 5.75 Å². The van der Waals surface area contributed by atoms with Crippen LogP contribution in [0.25, 0.3) is 5.70 Å². The van der Waals surface area contributed by atoms with E-state index in [1.165, 1.54) is 0 Å². The van der Waals surface area contributed by atoms with Crippen molar-refractivity contribution in [1.82, 2.24) is 5.32 Å². The Morgan fingerprint density at radius 1 is 0.950 bits per heavy atom. The van der Waals surface area contributed by atoms with Gasteiger partial charge in [-0.1, -0.05) is 42.5 Å². The Morgan fingerprint density at radius 2 is 1.70 bits per heavy atom. The van der Waals surface area contributed by atoms with Crippen molar-refractivity contribution in [3.63, 3.8) is 0 Å². The molecular formula is C17H16N2O. The number of phenolic OH excluding ortho intramolecular Hbond substituents is 1. The average molecular weight is 264 g/mol. The summed E-state index contributed by atoms with van der Waals surface area (Å²) in [4.78, 5) is 4.59. The van der Waals surface area contributed by atoms with Crippen LogP contribution in [0.5, 0.6) is 5.75 Å². The molecule has 0 fully saturated rings. The molecule has 0 aromatic heterocycles. The van der Waals surface area contributed by atoms with Crippen LogP contribution in [-0.4, -0.2) is 23.9 Å². The van der Waals surface area contributed by atoms with E-state index in [9.17, 15) is 5.11 Å². The number of allylic oxidation sites excluding steroid dienone is 1. The lowest BCUT2D eigenvalue weighted by Crippen LogP contribution is -2.14. The molecule has 1 heterocycles. The van der Waals surface area contributed by atoms with Crippen LogP contribution < -0.4 is 5.32 Å². The van der Waals surface area contributed by atoms with E-state index in [2.05, 4.69) is 10.3 Å². The normalized spacial score (nSPS) is 14.8. The molecule has 100 valence electrons. The highest BCUT2D eigenvalue weighted by Crippen LogP contribution is 2.24. The van der Waals surface area contributed by atoms with E-state index in [0.29, 0.717) is 0 Å². The van der Waals surface area contributed by atoms with Crippen LogP contribution in [0.1, 0.15) is 11.1 Å². The molecule has 0 spiro atoms. The zero-order chi connectivity index (χ0) is 13.8. The van der Waals surface area contributed by atoms with Gasteiger partial charge in [-0.2, -0.15) is 0 Å². The van der Waals surface area contributed by atoms with Crippen molar-refractivity contribution in [1.29, 1.82) is 0 Å². The van der Waals surface area contributed by atoms with Crippen LogP contribution in [0, 0.1) is 0 Å². The van der Waals surface area contributed by atoms with Crippen LogP contribution in [0.3, 0.4) is 0 Å². The number of hydrogen-bond donors (Lipinski definition) is 2. The van der Waals surface area contributed by atoms with Gasteiger partial charge in [-0.25, -0.2) is 0 Å². The van der Waals surface area contributed by atoms with Crippen LogP contribution in [0.4, 0.5) is 0 Å². The van der Waals surface area contributed by atoms with Gasteiger partial charge in [-0.15, -0.1) is 0 Å². The van der Waals surface area contributed by atoms with Crippen LogP contribution in [0.15, 0.2) is 65.7 Å². The standard InChI is InChI=1S/C17H16N2O/c20-17-9-5-4-8-14(17)16-12-15(18-10-11-19-16)13-6-2-1-3-7-13/h1-9,12,19-20H,10-11H2. The molecule has 0 unspecified atom stereocenters. The lowest BCUT2D eigenvalue weighted by atomic mass is 10.1. The SMILES string of the molecule is Oc1ccccc1C1=CC(c2ccccc2)=NCCN1. The smallest absolute Gasteiger partial charge is 0.124 e. The minimum atomic E-state index is 0.278. The predicted octanol–water partition coefficient (Wildman–Crippen LogP) is 2.83. The maximum atomic E-state index is 9.99. The molecule has 0 amide bonds. The molecule has 0 bridgehead atoms. The third-order valence-corrected chi connectivity index (χ3v) is 3.25. The first-order chi connectivity index (χ1) is 9.84. The highest BCUT2D eigenvalue weighted by atomic mass is 16.3. The van der Waals surface area contributed by atoms with E-state index in [1.54, 1.807) is 6.07 Å². The van der Waals surface area contributed by atoms with Crippen molar-refractivity contribution in [2.45, 2.75) is 0 Å². The second-order valence-electron chi connectivity index (χ2n) is 4.63. The van der Waals surface area contributed by atoms with E-state index in [0.717, 1.165) is 35.6 Å². The fraction of sp³-hybridized carbons (Fsp3) is 0.118. The Hall–Kier alpha value is -2.55. The molecule has 2 aromatic carbocycles. The fourth-order valence-electron chi connectivity index (χ4n) is 2.26. The summed E-state index contributed by atoms with van der Waals surface area (Å²) >= 11 is 0. The molecule has 2 N–H and O–H groups in total. The Balaban J connectivity index is 2.02. The summed E-state index contributed by atoms with van der Waals surface area (Å²) in [5.41, 5.74) is 3.74. The lowest BCUT2D eigenvalue weighted by molar-refractivity contribution is 0.473. The Bertz CT molecular complexity index is 660. The summed E-state index contributed by atoms with van der Waals surface area (Å²) in [6, 6.07) is 17.4. The maximum absolute atomic E-state index is 9.99. The first-order valence-corrected chi connectivity index (χ1v) is 6.68. The molecule has 3 heteroatoms. The zero-order valence-corrected chi connectivity index (χ0v) is 11.1. The van der Waals surface area contributed by atoms with Crippen molar-refractivity contribution < 1.29 is 5.11 Å². The minimum Gasteiger partial charge on any atom is -0.507 e. The van der Waals surface area contributed by atoms with Crippen LogP contribution in [0.2, 0.25) is 0 Å². The molecule has 0 saturated carbocycles. The first-order valence-electron chi connectivity index (χ1n) is 6.68. The molecule has 1 aliphatic heterocycles. The highest BCUT2D eigenvalue weighted by Gasteiger charge is 2.11. The first kappa shape index (κ1) is 12.5. The molecule has 3 nitrogen and oxygen atoms in total. The number of aliphatic imine (C=N–C) groups is 1. The quantitative estimate of drug-likeness (QED) is 0.876.